The van der Waals surface area contributed by atoms with Crippen molar-refractivity contribution in [1.82, 2.24) is 0 Å². The van der Waals surface area contributed by atoms with Crippen LogP contribution in [0.15, 0.2) is 121 Å². The van der Waals surface area contributed by atoms with Crippen LogP contribution in [0.1, 0.15) is 74.9 Å². The van der Waals surface area contributed by atoms with Gasteiger partial charge in [0.05, 0.1) is 72.8 Å². The van der Waals surface area contributed by atoms with Crippen molar-refractivity contribution in [3.05, 3.63) is 154 Å². The summed E-state index contributed by atoms with van der Waals surface area (Å²) >= 11 is 7.81. The van der Waals surface area contributed by atoms with Crippen LogP contribution in [-0.4, -0.2) is 122 Å². The van der Waals surface area contributed by atoms with Crippen molar-refractivity contribution < 1.29 is 28.4 Å². The fourth-order valence-electron chi connectivity index (χ4n) is 10.5. The van der Waals surface area contributed by atoms with Gasteiger partial charge in [-0.15, -0.1) is 0 Å². The lowest BCUT2D eigenvalue weighted by Gasteiger charge is -2.27. The highest BCUT2D eigenvalue weighted by atomic mass is 127. The van der Waals surface area contributed by atoms with E-state index in [-0.39, 0.29) is 23.0 Å². The lowest BCUT2D eigenvalue weighted by atomic mass is 10.1. The fourth-order valence-corrected chi connectivity index (χ4v) is 20.8. The van der Waals surface area contributed by atoms with Crippen molar-refractivity contribution in [3.63, 3.8) is 0 Å². The van der Waals surface area contributed by atoms with Crippen LogP contribution in [0.2, 0.25) is 0 Å². The number of para-hydroxylation sites is 3. The summed E-state index contributed by atoms with van der Waals surface area (Å²) in [6, 6.07) is 33.8. The van der Waals surface area contributed by atoms with E-state index >= 15 is 0 Å². The molecule has 18 heteroatoms. The third-order valence-electron chi connectivity index (χ3n) is 15.3. The van der Waals surface area contributed by atoms with Gasteiger partial charge in [-0.3, -0.25) is 0 Å². The Morgan fingerprint density at radius 1 is 0.333 bits per heavy atom. The number of benzene rings is 6. The number of hydrogen-bond acceptors (Lipinski definition) is 12. The molecule has 3 unspecified atom stereocenters. The van der Waals surface area contributed by atoms with Gasteiger partial charge in [0.25, 0.3) is 0 Å². The predicted molar refractivity (Wildman–Crippen MR) is 381 cm³/mol. The van der Waals surface area contributed by atoms with Crippen LogP contribution in [0, 0.1) is 13.5 Å². The third kappa shape index (κ3) is 16.5. The molecule has 0 radical (unpaired) electrons. The summed E-state index contributed by atoms with van der Waals surface area (Å²) in [6.45, 7) is 22.6. The van der Waals surface area contributed by atoms with Gasteiger partial charge in [-0.25, -0.2) is 15.0 Å². The highest BCUT2D eigenvalue weighted by molar-refractivity contribution is 14.2. The van der Waals surface area contributed by atoms with E-state index in [1.807, 2.05) is 0 Å². The average molecular weight is 1540 g/mol. The zero-order valence-electron chi connectivity index (χ0n) is 51.4. The van der Waals surface area contributed by atoms with Crippen LogP contribution in [0.25, 0.3) is 0 Å². The van der Waals surface area contributed by atoms with E-state index in [2.05, 4.69) is 211 Å². The Morgan fingerprint density at radius 2 is 0.560 bits per heavy atom. The number of rotatable bonds is 27. The lowest BCUT2D eigenvalue weighted by molar-refractivity contribution is 0.190. The number of methoxy groups -OCH3 is 6. The van der Waals surface area contributed by atoms with Crippen molar-refractivity contribution >= 4 is 121 Å². The normalized spacial score (nSPS) is 15.0. The molecule has 0 amide bonds. The van der Waals surface area contributed by atoms with Gasteiger partial charge in [0.2, 0.25) is 0 Å². The topological polar surface area (TPSA) is 102 Å². The molecule has 12 nitrogen and oxygen atoms in total. The van der Waals surface area contributed by atoms with Crippen molar-refractivity contribution in [2.75, 3.05) is 136 Å². The van der Waals surface area contributed by atoms with Crippen LogP contribution in [0.4, 0.5) is 34.1 Å². The minimum atomic E-state index is -0.0150. The molecule has 6 aromatic rings. The van der Waals surface area contributed by atoms with Gasteiger partial charge in [-0.2, -0.15) is 0 Å². The molecule has 0 saturated heterocycles. The molecule has 0 N–H and O–H groups in total. The van der Waals surface area contributed by atoms with Gasteiger partial charge < -0.3 is 43.1 Å². The first-order valence-electron chi connectivity index (χ1n) is 29.3. The maximum absolute atomic E-state index is 5.34. The second-order valence-electron chi connectivity index (χ2n) is 20.3. The second kappa shape index (κ2) is 34.8. The maximum atomic E-state index is 5.34. The molecule has 456 valence electrons. The number of ether oxygens (including phenoxy) is 6. The van der Waals surface area contributed by atoms with E-state index in [0.29, 0.717) is 39.6 Å². The molecule has 0 spiro atoms. The van der Waals surface area contributed by atoms with Gasteiger partial charge in [0, 0.05) is 127 Å². The van der Waals surface area contributed by atoms with Gasteiger partial charge >= 0.3 is 0 Å². The Bertz CT molecular complexity index is 3230. The van der Waals surface area contributed by atoms with Crippen molar-refractivity contribution in [2.24, 2.45) is 15.0 Å². The van der Waals surface area contributed by atoms with Crippen LogP contribution >= 0.6 is 86.6 Å². The Kier molecular flexibility index (Phi) is 28.4. The monoisotopic (exact) mass is 1540 g/mol. The molecule has 0 fully saturated rings. The Morgan fingerprint density at radius 3 is 0.762 bits per heavy atom. The molecule has 3 aliphatic rings. The van der Waals surface area contributed by atoms with E-state index in [9.17, 15) is 0 Å². The first kappa shape index (κ1) is 68.6. The van der Waals surface area contributed by atoms with Crippen LogP contribution in [-0.2, 0) is 66.9 Å². The largest absolute Gasteiger partial charge is 0.383 e. The lowest BCUT2D eigenvalue weighted by Crippen LogP contribution is -2.30. The third-order valence-corrected chi connectivity index (χ3v) is 28.0. The van der Waals surface area contributed by atoms with Crippen molar-refractivity contribution in [2.45, 2.75) is 94.8 Å². The van der Waals surface area contributed by atoms with Crippen molar-refractivity contribution in [3.8, 4) is 0 Å². The second-order valence-corrected chi connectivity index (χ2v) is 32.4. The maximum Gasteiger partial charge on any atom is 0.0809 e. The fraction of sp³-hybridized carbons (Fsp3) is 0.455. The van der Waals surface area contributed by atoms with Gasteiger partial charge in [-0.1, -0.05) is 101 Å². The average Bonchev–Trinajstić information content (AvgIpc) is 1.42. The minimum Gasteiger partial charge on any atom is -0.383 e. The summed E-state index contributed by atoms with van der Waals surface area (Å²) in [5.74, 6) is 0. The van der Waals surface area contributed by atoms with Gasteiger partial charge in [0.1, 0.15) is 0 Å². The Hall–Kier alpha value is -2.88. The van der Waals surface area contributed by atoms with Crippen LogP contribution < -0.4 is 30.8 Å². The standard InChI is InChI=1S/3C22H29IN2O2S/c3*1-5-16-8-7-9-19-21(16)24-22-17(6-2)14-18(15-20(22)28(19)23)25(10-12-26-3)11-13-27-4/h3*7-9,14-15H,5-6,10-13H2,1-4H3. The highest BCUT2D eigenvalue weighted by Crippen LogP contribution is 2.50. The molecule has 9 rings (SSSR count). The highest BCUT2D eigenvalue weighted by Gasteiger charge is 2.23. The summed E-state index contributed by atoms with van der Waals surface area (Å²) in [7, 11) is 10.5. The molecule has 0 aromatic heterocycles. The van der Waals surface area contributed by atoms with E-state index in [0.717, 1.165) is 77.8 Å². The number of hydrogen-bond donors (Lipinski definition) is 0. The Labute approximate surface area is 543 Å². The molecular formula is C66H87I3N6O6S3. The Balaban J connectivity index is 0.000000181. The number of halogens is 3. The zero-order valence-corrected chi connectivity index (χ0v) is 60.3. The van der Waals surface area contributed by atoms with Crippen LogP contribution in [0.3, 0.4) is 0 Å². The van der Waals surface area contributed by atoms with E-state index in [1.54, 1.807) is 42.7 Å². The minimum absolute atomic E-state index is 0.0150. The number of anilines is 3. The molecule has 0 saturated carbocycles. The van der Waals surface area contributed by atoms with Gasteiger partial charge in [0.15, 0.2) is 0 Å². The SMILES string of the molecule is CCc1cc(N(CCOC)CCOC)cc2c1N=c1c(CC)cccc1=S2I.CCc1cc(N(CCOC)CCOC)cc2c1N=c1c(CC)cccc1=S2I.CCc1cc(N(CCOC)CCOC)cc2c1N=c1c(CC)cccc1=S2I. The summed E-state index contributed by atoms with van der Waals surface area (Å²) in [4.78, 5) is 26.6. The molecule has 3 atom stereocenters. The van der Waals surface area contributed by atoms with Gasteiger partial charge in [-0.05, 0) is 190 Å². The molecule has 0 bridgehead atoms. The first-order chi connectivity index (χ1) is 40.9. The van der Waals surface area contributed by atoms with Crippen LogP contribution in [0.5, 0.6) is 0 Å². The number of aryl methyl sites for hydroxylation is 6. The number of fused-ring (bicyclic) bond motifs is 6. The first-order valence-corrected chi connectivity index (χ1v) is 40.6. The summed E-state index contributed by atoms with van der Waals surface area (Å²) in [5, 5.41) is 3.56. The smallest absolute Gasteiger partial charge is 0.0809 e. The summed E-state index contributed by atoms with van der Waals surface area (Å²) in [6.07, 6.45) is 5.95. The molecule has 0 aliphatic carbocycles. The molecule has 3 aliphatic heterocycles. The van der Waals surface area contributed by atoms with E-state index in [1.165, 1.54) is 112 Å². The number of nitrogens with zero attached hydrogens (tertiary/aromatic N) is 6. The molecule has 84 heavy (non-hydrogen) atoms. The quantitative estimate of drug-likeness (QED) is 0.0368. The predicted octanol–water partition coefficient (Wildman–Crippen LogP) is 15.3. The molecular weight excluding hydrogens is 1450 g/mol. The van der Waals surface area contributed by atoms with E-state index in [4.69, 9.17) is 43.4 Å². The zero-order chi connectivity index (χ0) is 60.3. The van der Waals surface area contributed by atoms with Crippen molar-refractivity contribution in [1.29, 1.82) is 0 Å². The summed E-state index contributed by atoms with van der Waals surface area (Å²) in [5.41, 5.74) is 15.2. The summed E-state index contributed by atoms with van der Waals surface area (Å²) < 4.78 is 36.1. The van der Waals surface area contributed by atoms with E-state index < -0.39 is 0 Å². The molecule has 3 heterocycles. The molecule has 6 aromatic carbocycles.